The molecule has 0 aromatic heterocycles. The molecule has 0 heterocycles. The average molecular weight is 610 g/mol. The van der Waals surface area contributed by atoms with Gasteiger partial charge in [-0.15, -0.1) is 0 Å². The van der Waals surface area contributed by atoms with Crippen molar-refractivity contribution in [2.75, 3.05) is 31.6 Å². The maximum absolute atomic E-state index is 14.3. The molecule has 3 aromatic carbocycles. The highest BCUT2D eigenvalue weighted by molar-refractivity contribution is 7.92. The minimum absolute atomic E-state index is 0.0616. The van der Waals surface area contributed by atoms with E-state index in [4.69, 9.17) is 9.47 Å². The maximum atomic E-state index is 14.3. The Bertz CT molecular complexity index is 1490. The van der Waals surface area contributed by atoms with Crippen LogP contribution < -0.4 is 19.1 Å². The number of nitrogens with zero attached hydrogens (tertiary/aromatic N) is 2. The van der Waals surface area contributed by atoms with E-state index in [0.717, 1.165) is 21.0 Å². The van der Waals surface area contributed by atoms with Crippen molar-refractivity contribution in [3.05, 3.63) is 83.4 Å². The maximum Gasteiger partial charge on any atom is 0.264 e. The fourth-order valence-electron chi connectivity index (χ4n) is 4.85. The van der Waals surface area contributed by atoms with E-state index in [1.54, 1.807) is 12.1 Å². The fraction of sp³-hybridized carbons (Fsp3) is 0.394. The van der Waals surface area contributed by atoms with E-state index in [2.05, 4.69) is 5.32 Å². The first kappa shape index (κ1) is 33.5. The second-order valence-corrected chi connectivity index (χ2v) is 12.8. The van der Waals surface area contributed by atoms with Gasteiger partial charge in [-0.3, -0.25) is 13.9 Å². The number of hydrogen-bond acceptors (Lipinski definition) is 6. The van der Waals surface area contributed by atoms with Gasteiger partial charge in [-0.05, 0) is 67.1 Å². The van der Waals surface area contributed by atoms with Gasteiger partial charge in [-0.1, -0.05) is 57.2 Å². The highest BCUT2D eigenvalue weighted by Gasteiger charge is 2.34. The number of anilines is 1. The molecule has 0 fully saturated rings. The molecule has 43 heavy (non-hydrogen) atoms. The molecule has 0 spiro atoms. The van der Waals surface area contributed by atoms with Gasteiger partial charge in [0.25, 0.3) is 10.0 Å². The molecular formula is C33H43N3O6S. The van der Waals surface area contributed by atoms with E-state index in [1.165, 1.54) is 37.3 Å². The lowest BCUT2D eigenvalue weighted by molar-refractivity contribution is -0.140. The largest absolute Gasteiger partial charge is 0.493 e. The van der Waals surface area contributed by atoms with Crippen LogP contribution in [0.1, 0.15) is 43.9 Å². The monoisotopic (exact) mass is 609 g/mol. The van der Waals surface area contributed by atoms with Crippen LogP contribution >= 0.6 is 0 Å². The van der Waals surface area contributed by atoms with Crippen molar-refractivity contribution >= 4 is 27.5 Å². The summed E-state index contributed by atoms with van der Waals surface area (Å²) in [5.41, 5.74) is 2.86. The number of nitrogens with one attached hydrogen (secondary N) is 1. The van der Waals surface area contributed by atoms with Gasteiger partial charge in [0, 0.05) is 19.2 Å². The highest BCUT2D eigenvalue weighted by Crippen LogP contribution is 2.33. The molecule has 0 saturated heterocycles. The standard InChI is InChI=1S/C33H43N3O6S/c1-8-29(33(38)34-20-23(2)3)35(21-26-12-10-9-11-13-26)32(37)22-36(27-17-24(4)16-25(5)18-27)43(39,40)28-14-15-30(41-6)31(19-28)42-7/h9-19,23,29H,8,20-22H2,1-7H3,(H,34,38). The van der Waals surface area contributed by atoms with Crippen LogP contribution in [0.5, 0.6) is 11.5 Å². The van der Waals surface area contributed by atoms with Crippen molar-refractivity contribution in [1.82, 2.24) is 10.2 Å². The zero-order valence-corrected chi connectivity index (χ0v) is 26.9. The third-order valence-electron chi connectivity index (χ3n) is 6.98. The van der Waals surface area contributed by atoms with Crippen LogP contribution in [0.15, 0.2) is 71.6 Å². The third kappa shape index (κ3) is 8.50. The minimum Gasteiger partial charge on any atom is -0.493 e. The third-order valence-corrected chi connectivity index (χ3v) is 8.75. The summed E-state index contributed by atoms with van der Waals surface area (Å²) in [6.07, 6.45) is 0.356. The second kappa shape index (κ2) is 14.9. The van der Waals surface area contributed by atoms with Gasteiger partial charge in [-0.25, -0.2) is 8.42 Å². The smallest absolute Gasteiger partial charge is 0.264 e. The van der Waals surface area contributed by atoms with Crippen LogP contribution in [-0.2, 0) is 26.2 Å². The summed E-state index contributed by atoms with van der Waals surface area (Å²) >= 11 is 0. The van der Waals surface area contributed by atoms with Gasteiger partial charge in [0.15, 0.2) is 11.5 Å². The normalized spacial score (nSPS) is 12.0. The zero-order chi connectivity index (χ0) is 31.7. The van der Waals surface area contributed by atoms with E-state index in [1.807, 2.05) is 71.0 Å². The lowest BCUT2D eigenvalue weighted by atomic mass is 10.1. The number of rotatable bonds is 14. The van der Waals surface area contributed by atoms with E-state index in [0.29, 0.717) is 24.4 Å². The molecule has 0 saturated carbocycles. The molecule has 3 aromatic rings. The van der Waals surface area contributed by atoms with Crippen LogP contribution in [-0.4, -0.2) is 58.5 Å². The SMILES string of the molecule is CCC(C(=O)NCC(C)C)N(Cc1ccccc1)C(=O)CN(c1cc(C)cc(C)c1)S(=O)(=O)c1ccc(OC)c(OC)c1. The molecule has 10 heteroatoms. The Morgan fingerprint density at radius 2 is 1.51 bits per heavy atom. The van der Waals surface area contributed by atoms with Crippen molar-refractivity contribution in [2.45, 2.75) is 58.5 Å². The number of carbonyl (C=O) groups is 2. The predicted octanol–water partition coefficient (Wildman–Crippen LogP) is 5.10. The van der Waals surface area contributed by atoms with E-state index >= 15 is 0 Å². The number of benzene rings is 3. The molecule has 3 rings (SSSR count). The van der Waals surface area contributed by atoms with Crippen molar-refractivity contribution in [1.29, 1.82) is 0 Å². The average Bonchev–Trinajstić information content (AvgIpc) is 2.97. The molecule has 232 valence electrons. The van der Waals surface area contributed by atoms with Crippen LogP contribution in [0.2, 0.25) is 0 Å². The lowest BCUT2D eigenvalue weighted by Gasteiger charge is -2.33. The van der Waals surface area contributed by atoms with Crippen molar-refractivity contribution < 1.29 is 27.5 Å². The van der Waals surface area contributed by atoms with Crippen LogP contribution in [0, 0.1) is 19.8 Å². The molecule has 0 radical (unpaired) electrons. The summed E-state index contributed by atoms with van der Waals surface area (Å²) in [6, 6.07) is 18.3. The van der Waals surface area contributed by atoms with Crippen molar-refractivity contribution in [3.63, 3.8) is 0 Å². The number of aryl methyl sites for hydroxylation is 2. The summed E-state index contributed by atoms with van der Waals surface area (Å²) in [6.45, 7) is 9.66. The molecule has 0 bridgehead atoms. The number of ether oxygens (including phenoxy) is 2. The number of amides is 2. The first-order valence-corrected chi connectivity index (χ1v) is 15.8. The Morgan fingerprint density at radius 1 is 0.884 bits per heavy atom. The summed E-state index contributed by atoms with van der Waals surface area (Å²) in [7, 11) is -1.38. The molecule has 1 atom stereocenters. The molecular weight excluding hydrogens is 566 g/mol. The second-order valence-electron chi connectivity index (χ2n) is 10.9. The Kier molecular flexibility index (Phi) is 11.6. The number of methoxy groups -OCH3 is 2. The first-order chi connectivity index (χ1) is 20.4. The molecule has 2 amide bonds. The quantitative estimate of drug-likeness (QED) is 0.273. The summed E-state index contributed by atoms with van der Waals surface area (Å²) in [5.74, 6) is 0.0720. The van der Waals surface area contributed by atoms with Crippen LogP contribution in [0.3, 0.4) is 0 Å². The van der Waals surface area contributed by atoms with Crippen molar-refractivity contribution in [3.8, 4) is 11.5 Å². The molecule has 0 aliphatic heterocycles. The van der Waals surface area contributed by atoms with Gasteiger partial charge in [-0.2, -0.15) is 0 Å². The first-order valence-electron chi connectivity index (χ1n) is 14.3. The Labute approximate surface area is 255 Å². The molecule has 0 aliphatic carbocycles. The van der Waals surface area contributed by atoms with Gasteiger partial charge in [0.2, 0.25) is 11.8 Å². The van der Waals surface area contributed by atoms with E-state index in [9.17, 15) is 18.0 Å². The highest BCUT2D eigenvalue weighted by atomic mass is 32.2. The number of carbonyl (C=O) groups excluding carboxylic acids is 2. The van der Waals surface area contributed by atoms with Gasteiger partial charge >= 0.3 is 0 Å². The Hall–Kier alpha value is -4.05. The summed E-state index contributed by atoms with van der Waals surface area (Å²) in [4.78, 5) is 29.0. The minimum atomic E-state index is -4.27. The molecule has 1 N–H and O–H groups in total. The van der Waals surface area contributed by atoms with E-state index < -0.39 is 28.5 Å². The van der Waals surface area contributed by atoms with E-state index in [-0.39, 0.29) is 29.0 Å². The molecule has 0 aliphatic rings. The van der Waals surface area contributed by atoms with Gasteiger partial charge in [0.1, 0.15) is 12.6 Å². The van der Waals surface area contributed by atoms with Gasteiger partial charge < -0.3 is 19.7 Å². The zero-order valence-electron chi connectivity index (χ0n) is 26.1. The van der Waals surface area contributed by atoms with Gasteiger partial charge in [0.05, 0.1) is 24.8 Å². The molecule has 9 nitrogen and oxygen atoms in total. The summed E-state index contributed by atoms with van der Waals surface area (Å²) in [5, 5.41) is 2.94. The topological polar surface area (TPSA) is 105 Å². The van der Waals surface area contributed by atoms with Crippen molar-refractivity contribution in [2.24, 2.45) is 5.92 Å². The summed E-state index contributed by atoms with van der Waals surface area (Å²) < 4.78 is 40.3. The number of sulfonamides is 1. The fourth-order valence-corrected chi connectivity index (χ4v) is 6.26. The van der Waals surface area contributed by atoms with Crippen LogP contribution in [0.4, 0.5) is 5.69 Å². The van der Waals surface area contributed by atoms with Crippen LogP contribution in [0.25, 0.3) is 0 Å². The number of hydrogen-bond donors (Lipinski definition) is 1. The Balaban J connectivity index is 2.11. The molecule has 1 unspecified atom stereocenters. The lowest BCUT2D eigenvalue weighted by Crippen LogP contribution is -2.52. The Morgan fingerprint density at radius 3 is 2.07 bits per heavy atom. The predicted molar refractivity (Wildman–Crippen MR) is 169 cm³/mol.